The molecule has 7 nitrogen and oxygen atoms in total. The van der Waals surface area contributed by atoms with Gasteiger partial charge in [-0.25, -0.2) is 8.42 Å². The van der Waals surface area contributed by atoms with Crippen LogP contribution in [0.1, 0.15) is 34.3 Å². The van der Waals surface area contributed by atoms with E-state index in [1.807, 2.05) is 18.2 Å². The largest absolute Gasteiger partial charge is 0.348 e. The van der Waals surface area contributed by atoms with E-state index in [4.69, 9.17) is 4.84 Å². The van der Waals surface area contributed by atoms with Gasteiger partial charge in [-0.05, 0) is 55.3 Å². The molecule has 0 bridgehead atoms. The summed E-state index contributed by atoms with van der Waals surface area (Å²) in [5.74, 6) is -0.321. The van der Waals surface area contributed by atoms with Crippen molar-refractivity contribution in [2.75, 3.05) is 27.2 Å². The molecule has 8 heteroatoms. The maximum atomic E-state index is 12.6. The summed E-state index contributed by atoms with van der Waals surface area (Å²) in [6.45, 7) is 3.48. The summed E-state index contributed by atoms with van der Waals surface area (Å²) in [4.78, 5) is 19.8. The van der Waals surface area contributed by atoms with Crippen LogP contribution in [-0.4, -0.2) is 50.9 Å². The van der Waals surface area contributed by atoms with Crippen LogP contribution in [0.5, 0.6) is 0 Å². The van der Waals surface area contributed by atoms with Gasteiger partial charge in [0.2, 0.25) is 0 Å². The highest BCUT2D eigenvalue weighted by Crippen LogP contribution is 2.18. The Morgan fingerprint density at radius 2 is 1.79 bits per heavy atom. The number of carbonyl (C=O) groups excluding carboxylic acids is 1. The number of hydrogen-bond donors (Lipinski definition) is 1. The van der Waals surface area contributed by atoms with Gasteiger partial charge in [-0.2, -0.15) is 0 Å². The first-order chi connectivity index (χ1) is 13.9. The first kappa shape index (κ1) is 21.4. The number of nitrogens with one attached hydrogen (secondary N) is 1. The second-order valence-electron chi connectivity index (χ2n) is 7.06. The summed E-state index contributed by atoms with van der Waals surface area (Å²) < 4.78 is 25.5. The molecule has 1 fully saturated rings. The van der Waals surface area contributed by atoms with Crippen LogP contribution < -0.4 is 5.32 Å². The van der Waals surface area contributed by atoms with Crippen LogP contribution in [0, 0.1) is 0 Å². The van der Waals surface area contributed by atoms with Gasteiger partial charge in [-0.15, -0.1) is 0 Å². The van der Waals surface area contributed by atoms with Gasteiger partial charge in [0, 0.05) is 25.7 Å². The molecular formula is C21H27N3O4S. The molecule has 2 aromatic rings. The number of rotatable bonds is 8. The minimum atomic E-state index is -3.81. The molecular weight excluding hydrogens is 390 g/mol. The zero-order valence-electron chi connectivity index (χ0n) is 16.8. The van der Waals surface area contributed by atoms with Gasteiger partial charge in [0.15, 0.2) is 0 Å². The van der Waals surface area contributed by atoms with Crippen LogP contribution in [-0.2, 0) is 28.0 Å². The van der Waals surface area contributed by atoms with Gasteiger partial charge in [0.1, 0.15) is 0 Å². The Morgan fingerprint density at radius 1 is 1.10 bits per heavy atom. The van der Waals surface area contributed by atoms with Crippen molar-refractivity contribution in [3.05, 3.63) is 65.2 Å². The smallest absolute Gasteiger partial charge is 0.264 e. The lowest BCUT2D eigenvalue weighted by Crippen LogP contribution is -2.27. The van der Waals surface area contributed by atoms with Gasteiger partial charge in [-0.3, -0.25) is 14.5 Å². The Morgan fingerprint density at radius 3 is 2.48 bits per heavy atom. The third-order valence-electron chi connectivity index (χ3n) is 5.14. The lowest BCUT2D eigenvalue weighted by molar-refractivity contribution is -0.0258. The first-order valence-corrected chi connectivity index (χ1v) is 11.1. The average molecular weight is 418 g/mol. The van der Waals surface area contributed by atoms with Gasteiger partial charge in [0.25, 0.3) is 15.9 Å². The van der Waals surface area contributed by atoms with E-state index in [0.717, 1.165) is 29.7 Å². The van der Waals surface area contributed by atoms with Crippen LogP contribution in [0.3, 0.4) is 0 Å². The molecule has 3 rings (SSSR count). The average Bonchev–Trinajstić information content (AvgIpc) is 3.25. The molecule has 0 saturated carbocycles. The van der Waals surface area contributed by atoms with Crippen molar-refractivity contribution in [2.45, 2.75) is 30.8 Å². The molecule has 0 aliphatic carbocycles. The number of sulfonamides is 1. The molecule has 0 unspecified atom stereocenters. The second kappa shape index (κ2) is 9.49. The molecule has 0 radical (unpaired) electrons. The maximum absolute atomic E-state index is 12.6. The Hall–Kier alpha value is -2.26. The summed E-state index contributed by atoms with van der Waals surface area (Å²) in [7, 11) is -1.23. The molecule has 1 N–H and O–H groups in total. The highest BCUT2D eigenvalue weighted by Gasteiger charge is 2.22. The molecule has 0 spiro atoms. The summed E-state index contributed by atoms with van der Waals surface area (Å²) in [6.07, 6.45) is 2.47. The predicted octanol–water partition coefficient (Wildman–Crippen LogP) is 2.39. The number of likely N-dealkylation sites (tertiary alicyclic amines) is 1. The highest BCUT2D eigenvalue weighted by atomic mass is 32.2. The molecule has 1 saturated heterocycles. The minimum absolute atomic E-state index is 0.00364. The normalized spacial score (nSPS) is 15.0. The van der Waals surface area contributed by atoms with E-state index in [-0.39, 0.29) is 16.4 Å². The lowest BCUT2D eigenvalue weighted by atomic mass is 10.1. The topological polar surface area (TPSA) is 78.9 Å². The van der Waals surface area contributed by atoms with Gasteiger partial charge >= 0.3 is 0 Å². The molecule has 0 atom stereocenters. The van der Waals surface area contributed by atoms with Crippen molar-refractivity contribution < 1.29 is 18.0 Å². The zero-order valence-corrected chi connectivity index (χ0v) is 17.6. The molecule has 2 aromatic carbocycles. The van der Waals surface area contributed by atoms with E-state index in [9.17, 15) is 13.2 Å². The van der Waals surface area contributed by atoms with E-state index in [1.165, 1.54) is 44.7 Å². The van der Waals surface area contributed by atoms with E-state index >= 15 is 0 Å². The summed E-state index contributed by atoms with van der Waals surface area (Å²) in [5, 5.41) is 2.91. The standard InChI is InChI=1S/C21H27N3O4S/c1-23(28-2)29(26,27)20-11-7-10-17(14-20)21(25)22-15-18-8-3-4-9-19(18)16-24-12-5-6-13-24/h3-4,7-11,14H,5-6,12-13,15-16H2,1-2H3,(H,22,25). The van der Waals surface area contributed by atoms with Gasteiger partial charge in [0.05, 0.1) is 12.0 Å². The number of carbonyl (C=O) groups is 1. The number of benzene rings is 2. The first-order valence-electron chi connectivity index (χ1n) is 9.62. The highest BCUT2D eigenvalue weighted by molar-refractivity contribution is 7.89. The number of amides is 1. The predicted molar refractivity (Wildman–Crippen MR) is 111 cm³/mol. The minimum Gasteiger partial charge on any atom is -0.348 e. The fraction of sp³-hybridized carbons (Fsp3) is 0.381. The Kier molecular flexibility index (Phi) is 7.02. The Bertz CT molecular complexity index is 956. The quantitative estimate of drug-likeness (QED) is 0.668. The maximum Gasteiger partial charge on any atom is 0.264 e. The van der Waals surface area contributed by atoms with Crippen LogP contribution in [0.2, 0.25) is 0 Å². The van der Waals surface area contributed by atoms with E-state index in [0.29, 0.717) is 6.54 Å². The molecule has 29 heavy (non-hydrogen) atoms. The molecule has 1 aliphatic rings. The van der Waals surface area contributed by atoms with Crippen molar-refractivity contribution in [3.8, 4) is 0 Å². The molecule has 1 amide bonds. The Balaban J connectivity index is 1.70. The van der Waals surface area contributed by atoms with E-state index in [1.54, 1.807) is 12.1 Å². The summed E-state index contributed by atoms with van der Waals surface area (Å²) in [5.41, 5.74) is 2.55. The molecule has 1 aliphatic heterocycles. The summed E-state index contributed by atoms with van der Waals surface area (Å²) >= 11 is 0. The third kappa shape index (κ3) is 5.22. The van der Waals surface area contributed by atoms with E-state index in [2.05, 4.69) is 16.3 Å². The lowest BCUT2D eigenvalue weighted by Gasteiger charge is -2.18. The summed E-state index contributed by atoms with van der Waals surface area (Å²) in [6, 6.07) is 14.0. The van der Waals surface area contributed by atoms with Crippen LogP contribution in [0.15, 0.2) is 53.4 Å². The van der Waals surface area contributed by atoms with Crippen molar-refractivity contribution in [1.29, 1.82) is 0 Å². The number of nitrogens with zero attached hydrogens (tertiary/aromatic N) is 2. The SMILES string of the molecule is CON(C)S(=O)(=O)c1cccc(C(=O)NCc2ccccc2CN2CCCC2)c1. The van der Waals surface area contributed by atoms with Crippen molar-refractivity contribution in [3.63, 3.8) is 0 Å². The van der Waals surface area contributed by atoms with Crippen LogP contribution in [0.4, 0.5) is 0 Å². The second-order valence-corrected chi connectivity index (χ2v) is 9.00. The van der Waals surface area contributed by atoms with Crippen molar-refractivity contribution in [2.24, 2.45) is 0 Å². The fourth-order valence-corrected chi connectivity index (χ4v) is 4.41. The molecule has 156 valence electrons. The van der Waals surface area contributed by atoms with Crippen molar-refractivity contribution >= 4 is 15.9 Å². The third-order valence-corrected chi connectivity index (χ3v) is 6.82. The zero-order chi connectivity index (χ0) is 20.9. The van der Waals surface area contributed by atoms with E-state index < -0.39 is 10.0 Å². The number of hydroxylamine groups is 1. The van der Waals surface area contributed by atoms with Crippen LogP contribution in [0.25, 0.3) is 0 Å². The Labute approximate surface area is 172 Å². The van der Waals surface area contributed by atoms with Crippen LogP contribution >= 0.6 is 0 Å². The number of hydrogen-bond acceptors (Lipinski definition) is 5. The molecule has 0 aromatic heterocycles. The van der Waals surface area contributed by atoms with Gasteiger partial charge < -0.3 is 5.32 Å². The monoisotopic (exact) mass is 417 g/mol. The van der Waals surface area contributed by atoms with Crippen molar-refractivity contribution in [1.82, 2.24) is 14.7 Å². The fourth-order valence-electron chi connectivity index (χ4n) is 3.39. The molecule has 1 heterocycles. The van der Waals surface area contributed by atoms with Gasteiger partial charge in [-0.1, -0.05) is 34.8 Å².